The smallest absolute Gasteiger partial charge is 0.123 e. The van der Waals surface area contributed by atoms with E-state index in [1.54, 1.807) is 13.2 Å². The Hall–Kier alpha value is -0.810. The van der Waals surface area contributed by atoms with E-state index in [2.05, 4.69) is 5.43 Å². The fourth-order valence-corrected chi connectivity index (χ4v) is 1.62. The third-order valence-corrected chi connectivity index (χ3v) is 2.49. The van der Waals surface area contributed by atoms with Gasteiger partial charge in [0.15, 0.2) is 0 Å². The van der Waals surface area contributed by atoms with Crippen LogP contribution in [0.2, 0.25) is 5.02 Å². The van der Waals surface area contributed by atoms with Crippen molar-refractivity contribution in [2.75, 3.05) is 20.3 Å². The van der Waals surface area contributed by atoms with Crippen LogP contribution in [0.3, 0.4) is 0 Å². The van der Waals surface area contributed by atoms with Crippen molar-refractivity contribution >= 4 is 11.6 Å². The summed E-state index contributed by atoms with van der Waals surface area (Å²) >= 11 is 5.94. The average molecular weight is 245 g/mol. The molecule has 0 bridgehead atoms. The highest BCUT2D eigenvalue weighted by molar-refractivity contribution is 6.30. The monoisotopic (exact) mass is 244 g/mol. The number of rotatable bonds is 6. The molecule has 0 saturated carbocycles. The summed E-state index contributed by atoms with van der Waals surface area (Å²) in [6, 6.07) is 5.28. The summed E-state index contributed by atoms with van der Waals surface area (Å²) in [6.45, 7) is 3.05. The first-order valence-electron chi connectivity index (χ1n) is 5.10. The molecule has 0 amide bonds. The highest BCUT2D eigenvalue weighted by Crippen LogP contribution is 2.28. The number of nitrogens with two attached hydrogens (primary N) is 1. The van der Waals surface area contributed by atoms with Crippen molar-refractivity contribution in [1.29, 1.82) is 0 Å². The van der Waals surface area contributed by atoms with E-state index in [1.807, 2.05) is 19.1 Å². The minimum absolute atomic E-state index is 0.131. The molecule has 0 aliphatic heterocycles. The Balaban J connectivity index is 2.92. The Labute approximate surface area is 101 Å². The van der Waals surface area contributed by atoms with Gasteiger partial charge in [-0.25, -0.2) is 0 Å². The Morgan fingerprint density at radius 3 is 2.81 bits per heavy atom. The summed E-state index contributed by atoms with van der Waals surface area (Å²) < 4.78 is 10.6. The molecule has 0 fully saturated rings. The Morgan fingerprint density at radius 2 is 2.25 bits per heavy atom. The van der Waals surface area contributed by atoms with Gasteiger partial charge in [0.2, 0.25) is 0 Å². The highest BCUT2D eigenvalue weighted by atomic mass is 35.5. The van der Waals surface area contributed by atoms with Crippen LogP contribution in [0.4, 0.5) is 0 Å². The SMILES string of the molecule is CCOCC(NN)c1cc(Cl)ccc1OC. The minimum atomic E-state index is -0.131. The lowest BCUT2D eigenvalue weighted by molar-refractivity contribution is 0.122. The lowest BCUT2D eigenvalue weighted by Crippen LogP contribution is -2.31. The summed E-state index contributed by atoms with van der Waals surface area (Å²) in [5.41, 5.74) is 3.59. The molecule has 4 nitrogen and oxygen atoms in total. The molecule has 0 aromatic heterocycles. The molecule has 0 spiro atoms. The fourth-order valence-electron chi connectivity index (χ4n) is 1.44. The summed E-state index contributed by atoms with van der Waals surface area (Å²) in [4.78, 5) is 0. The maximum absolute atomic E-state index is 5.94. The van der Waals surface area contributed by atoms with Gasteiger partial charge in [0.05, 0.1) is 19.8 Å². The first kappa shape index (κ1) is 13.3. The molecule has 5 heteroatoms. The van der Waals surface area contributed by atoms with Crippen LogP contribution < -0.4 is 16.0 Å². The summed E-state index contributed by atoms with van der Waals surface area (Å²) in [5, 5.41) is 0.646. The van der Waals surface area contributed by atoms with Gasteiger partial charge in [-0.1, -0.05) is 11.6 Å². The van der Waals surface area contributed by atoms with Crippen molar-refractivity contribution in [2.24, 2.45) is 5.84 Å². The molecule has 0 radical (unpaired) electrons. The average Bonchev–Trinajstić information content (AvgIpc) is 2.30. The summed E-state index contributed by atoms with van der Waals surface area (Å²) in [5.74, 6) is 6.23. The lowest BCUT2D eigenvalue weighted by Gasteiger charge is -2.19. The van der Waals surface area contributed by atoms with E-state index in [0.29, 0.717) is 18.2 Å². The van der Waals surface area contributed by atoms with Gasteiger partial charge >= 0.3 is 0 Å². The summed E-state index contributed by atoms with van der Waals surface area (Å²) in [7, 11) is 1.61. The van der Waals surface area contributed by atoms with Crippen LogP contribution in [0.25, 0.3) is 0 Å². The predicted molar refractivity (Wildman–Crippen MR) is 64.6 cm³/mol. The molecule has 90 valence electrons. The number of methoxy groups -OCH3 is 1. The van der Waals surface area contributed by atoms with Crippen LogP contribution in [0.1, 0.15) is 18.5 Å². The Morgan fingerprint density at radius 1 is 1.50 bits per heavy atom. The van der Waals surface area contributed by atoms with Crippen molar-refractivity contribution in [3.05, 3.63) is 28.8 Å². The molecule has 3 N–H and O–H groups in total. The van der Waals surface area contributed by atoms with Crippen molar-refractivity contribution in [1.82, 2.24) is 5.43 Å². The Kier molecular flexibility index (Phi) is 5.55. The number of nitrogens with one attached hydrogen (secondary N) is 1. The van der Waals surface area contributed by atoms with Crippen LogP contribution >= 0.6 is 11.6 Å². The van der Waals surface area contributed by atoms with E-state index in [0.717, 1.165) is 11.3 Å². The van der Waals surface area contributed by atoms with Crippen LogP contribution in [0, 0.1) is 0 Å². The Bertz CT molecular complexity index is 334. The molecule has 1 aromatic carbocycles. The molecule has 0 aliphatic carbocycles. The van der Waals surface area contributed by atoms with Gasteiger partial charge in [-0.15, -0.1) is 0 Å². The third kappa shape index (κ3) is 3.35. The van der Waals surface area contributed by atoms with Crippen molar-refractivity contribution in [2.45, 2.75) is 13.0 Å². The largest absolute Gasteiger partial charge is 0.496 e. The summed E-state index contributed by atoms with van der Waals surface area (Å²) in [6.07, 6.45) is 0. The molecule has 0 heterocycles. The number of hydrazine groups is 1. The van der Waals surface area contributed by atoms with E-state index in [-0.39, 0.29) is 6.04 Å². The fraction of sp³-hybridized carbons (Fsp3) is 0.455. The number of benzene rings is 1. The number of halogens is 1. The molecule has 0 aliphatic rings. The van der Waals surface area contributed by atoms with Crippen LogP contribution in [0.5, 0.6) is 5.75 Å². The molecule has 1 unspecified atom stereocenters. The topological polar surface area (TPSA) is 56.5 Å². The van der Waals surface area contributed by atoms with Crippen LogP contribution in [0.15, 0.2) is 18.2 Å². The van der Waals surface area contributed by atoms with Crippen LogP contribution in [-0.2, 0) is 4.74 Å². The number of hydrogen-bond donors (Lipinski definition) is 2. The molecule has 0 saturated heterocycles. The van der Waals surface area contributed by atoms with Crippen molar-refractivity contribution in [3.8, 4) is 5.75 Å². The van der Waals surface area contributed by atoms with Gasteiger partial charge < -0.3 is 9.47 Å². The van der Waals surface area contributed by atoms with Gasteiger partial charge in [-0.2, -0.15) is 0 Å². The predicted octanol–water partition coefficient (Wildman–Crippen LogP) is 1.89. The quantitative estimate of drug-likeness (QED) is 0.593. The number of ether oxygens (including phenoxy) is 2. The molecule has 1 rings (SSSR count). The first-order valence-corrected chi connectivity index (χ1v) is 5.48. The van der Waals surface area contributed by atoms with Gasteiger partial charge in [-0.05, 0) is 25.1 Å². The zero-order valence-electron chi connectivity index (χ0n) is 9.50. The standard InChI is InChI=1S/C11H17ClN2O2/c1-3-16-7-10(14-13)9-6-8(12)4-5-11(9)15-2/h4-6,10,14H,3,7,13H2,1-2H3. The van der Waals surface area contributed by atoms with Crippen LogP contribution in [-0.4, -0.2) is 20.3 Å². The van der Waals surface area contributed by atoms with E-state index < -0.39 is 0 Å². The second kappa shape index (κ2) is 6.70. The minimum Gasteiger partial charge on any atom is -0.496 e. The van der Waals surface area contributed by atoms with E-state index >= 15 is 0 Å². The third-order valence-electron chi connectivity index (χ3n) is 2.26. The molecule has 16 heavy (non-hydrogen) atoms. The maximum Gasteiger partial charge on any atom is 0.123 e. The zero-order valence-corrected chi connectivity index (χ0v) is 10.3. The molecule has 1 atom stereocenters. The van der Waals surface area contributed by atoms with Crippen molar-refractivity contribution < 1.29 is 9.47 Å². The van der Waals surface area contributed by atoms with E-state index in [9.17, 15) is 0 Å². The van der Waals surface area contributed by atoms with E-state index in [4.69, 9.17) is 26.9 Å². The molecule has 1 aromatic rings. The maximum atomic E-state index is 5.94. The first-order chi connectivity index (χ1) is 7.72. The van der Waals surface area contributed by atoms with Crippen molar-refractivity contribution in [3.63, 3.8) is 0 Å². The van der Waals surface area contributed by atoms with Gasteiger partial charge in [0, 0.05) is 17.2 Å². The lowest BCUT2D eigenvalue weighted by atomic mass is 10.1. The van der Waals surface area contributed by atoms with Gasteiger partial charge in [-0.3, -0.25) is 11.3 Å². The second-order valence-electron chi connectivity index (χ2n) is 3.26. The van der Waals surface area contributed by atoms with Gasteiger partial charge in [0.25, 0.3) is 0 Å². The normalized spacial score (nSPS) is 12.5. The van der Waals surface area contributed by atoms with E-state index in [1.165, 1.54) is 0 Å². The molecular weight excluding hydrogens is 228 g/mol. The zero-order chi connectivity index (χ0) is 12.0. The molecular formula is C11H17ClN2O2. The second-order valence-corrected chi connectivity index (χ2v) is 3.70. The number of hydrogen-bond acceptors (Lipinski definition) is 4. The highest BCUT2D eigenvalue weighted by Gasteiger charge is 2.15. The van der Waals surface area contributed by atoms with Gasteiger partial charge in [0.1, 0.15) is 5.75 Å².